The first-order valence-corrected chi connectivity index (χ1v) is 10.4. The zero-order valence-electron chi connectivity index (χ0n) is 16.9. The minimum atomic E-state index is -4.57. The average Bonchev–Trinajstić information content (AvgIpc) is 2.73. The number of nitrogens with zero attached hydrogens (tertiary/aromatic N) is 1. The van der Waals surface area contributed by atoms with Gasteiger partial charge in [-0.3, -0.25) is 4.90 Å². The first-order chi connectivity index (χ1) is 14.8. The Bertz CT molecular complexity index is 971. The Balaban J connectivity index is 1.45. The number of hydrogen-bond acceptors (Lipinski definition) is 2. The number of carbonyl (C=O) groups is 1. The lowest BCUT2D eigenvalue weighted by Gasteiger charge is -2.44. The molecule has 3 nitrogen and oxygen atoms in total. The molecule has 0 aliphatic carbocycles. The van der Waals surface area contributed by atoms with Gasteiger partial charge in [0.1, 0.15) is 12.4 Å². The lowest BCUT2D eigenvalue weighted by Crippen LogP contribution is -2.52. The van der Waals surface area contributed by atoms with Gasteiger partial charge in [-0.15, -0.1) is 0 Å². The van der Waals surface area contributed by atoms with E-state index in [2.05, 4.69) is 0 Å². The average molecular weight is 433 g/mol. The second-order valence-electron chi connectivity index (χ2n) is 8.11. The van der Waals surface area contributed by atoms with Crippen molar-refractivity contribution in [1.29, 1.82) is 0 Å². The minimum absolute atomic E-state index is 0.0421. The highest BCUT2D eigenvalue weighted by Gasteiger charge is 2.38. The summed E-state index contributed by atoms with van der Waals surface area (Å²) in [6.07, 6.45) is 0.420. The predicted molar refractivity (Wildman–Crippen MR) is 108 cm³/mol. The van der Waals surface area contributed by atoms with E-state index in [1.54, 1.807) is 4.90 Å². The number of rotatable bonds is 4. The second-order valence-corrected chi connectivity index (χ2v) is 8.11. The predicted octanol–water partition coefficient (Wildman–Crippen LogP) is 6.28. The third-order valence-electron chi connectivity index (χ3n) is 5.93. The Labute approximate surface area is 178 Å². The standard InChI is InChI=1S/C24H23F4NO2/c25-22-14-19(24(26,27)28)10-9-18(22)11-17-12-20-7-4-8-21(13-17)29(20)23(30)31-15-16-5-2-1-3-6-16/h1-3,5-6,9-10,12,14,20-21H,4,7-8,11,13,15H2. The quantitative estimate of drug-likeness (QED) is 0.420. The molecule has 4 rings (SSSR count). The lowest BCUT2D eigenvalue weighted by atomic mass is 9.83. The highest BCUT2D eigenvalue weighted by molar-refractivity contribution is 5.69. The van der Waals surface area contributed by atoms with E-state index in [-0.39, 0.29) is 36.8 Å². The van der Waals surface area contributed by atoms with Crippen molar-refractivity contribution in [3.05, 3.63) is 82.7 Å². The Morgan fingerprint density at radius 3 is 2.55 bits per heavy atom. The zero-order chi connectivity index (χ0) is 22.0. The van der Waals surface area contributed by atoms with Gasteiger partial charge >= 0.3 is 12.3 Å². The molecule has 7 heteroatoms. The SMILES string of the molecule is O=C(OCc1ccccc1)N1C2C=C(Cc3ccc(C(F)(F)F)cc3F)CC1CCC2. The molecule has 0 N–H and O–H groups in total. The maximum Gasteiger partial charge on any atom is 0.416 e. The molecule has 0 aromatic heterocycles. The Morgan fingerprint density at radius 1 is 1.10 bits per heavy atom. The molecule has 1 fully saturated rings. The van der Waals surface area contributed by atoms with Crippen molar-refractivity contribution in [2.24, 2.45) is 0 Å². The summed E-state index contributed by atoms with van der Waals surface area (Å²) >= 11 is 0. The van der Waals surface area contributed by atoms with Crippen LogP contribution >= 0.6 is 0 Å². The van der Waals surface area contributed by atoms with Crippen LogP contribution in [-0.2, 0) is 23.9 Å². The fourth-order valence-corrected chi connectivity index (χ4v) is 4.44. The highest BCUT2D eigenvalue weighted by Crippen LogP contribution is 2.36. The van der Waals surface area contributed by atoms with E-state index >= 15 is 0 Å². The Kier molecular flexibility index (Phi) is 6.03. The fourth-order valence-electron chi connectivity index (χ4n) is 4.44. The molecular weight excluding hydrogens is 410 g/mol. The first-order valence-electron chi connectivity index (χ1n) is 10.4. The molecule has 2 aromatic carbocycles. The minimum Gasteiger partial charge on any atom is -0.445 e. The molecule has 1 saturated heterocycles. The Morgan fingerprint density at radius 2 is 1.87 bits per heavy atom. The fraction of sp³-hybridized carbons (Fsp3) is 0.375. The molecular formula is C24H23F4NO2. The Hall–Kier alpha value is -2.83. The van der Waals surface area contributed by atoms with Crippen molar-refractivity contribution in [2.75, 3.05) is 0 Å². The van der Waals surface area contributed by atoms with E-state index in [0.717, 1.165) is 36.5 Å². The van der Waals surface area contributed by atoms with Crippen LogP contribution in [0.25, 0.3) is 0 Å². The van der Waals surface area contributed by atoms with Crippen LogP contribution in [0.4, 0.5) is 22.4 Å². The molecule has 1 amide bonds. The summed E-state index contributed by atoms with van der Waals surface area (Å²) in [4.78, 5) is 14.5. The van der Waals surface area contributed by atoms with Gasteiger partial charge in [-0.25, -0.2) is 9.18 Å². The molecule has 2 bridgehead atoms. The van der Waals surface area contributed by atoms with Crippen molar-refractivity contribution >= 4 is 6.09 Å². The number of alkyl halides is 3. The number of carbonyl (C=O) groups excluding carboxylic acids is 1. The molecule has 2 aliphatic heterocycles. The van der Waals surface area contributed by atoms with Gasteiger partial charge < -0.3 is 4.74 Å². The lowest BCUT2D eigenvalue weighted by molar-refractivity contribution is -0.137. The number of halogens is 4. The first kappa shape index (κ1) is 21.4. The van der Waals surface area contributed by atoms with Crippen molar-refractivity contribution in [3.63, 3.8) is 0 Å². The monoisotopic (exact) mass is 433 g/mol. The van der Waals surface area contributed by atoms with Crippen LogP contribution in [0, 0.1) is 5.82 Å². The van der Waals surface area contributed by atoms with Crippen LogP contribution in [0.15, 0.2) is 60.2 Å². The van der Waals surface area contributed by atoms with Crippen molar-refractivity contribution in [2.45, 2.75) is 57.0 Å². The molecule has 2 unspecified atom stereocenters. The van der Waals surface area contributed by atoms with Gasteiger partial charge in [-0.1, -0.05) is 48.0 Å². The maximum atomic E-state index is 14.3. The van der Waals surface area contributed by atoms with E-state index in [1.165, 1.54) is 6.07 Å². The van der Waals surface area contributed by atoms with Crippen LogP contribution < -0.4 is 0 Å². The van der Waals surface area contributed by atoms with Crippen molar-refractivity contribution < 1.29 is 27.1 Å². The largest absolute Gasteiger partial charge is 0.445 e. The van der Waals surface area contributed by atoms with Gasteiger partial charge in [0.25, 0.3) is 0 Å². The van der Waals surface area contributed by atoms with Gasteiger partial charge in [-0.2, -0.15) is 13.2 Å². The van der Waals surface area contributed by atoms with E-state index in [0.29, 0.717) is 12.5 Å². The van der Waals surface area contributed by atoms with E-state index in [9.17, 15) is 22.4 Å². The van der Waals surface area contributed by atoms with Gasteiger partial charge in [0.2, 0.25) is 0 Å². The van der Waals surface area contributed by atoms with Crippen LogP contribution in [0.2, 0.25) is 0 Å². The number of ether oxygens (including phenoxy) is 1. The number of piperidine rings is 1. The third-order valence-corrected chi connectivity index (χ3v) is 5.93. The number of benzene rings is 2. The smallest absolute Gasteiger partial charge is 0.416 e. The maximum absolute atomic E-state index is 14.3. The molecule has 0 spiro atoms. The molecule has 31 heavy (non-hydrogen) atoms. The second kappa shape index (κ2) is 8.73. The topological polar surface area (TPSA) is 29.5 Å². The van der Waals surface area contributed by atoms with Crippen LogP contribution in [0.3, 0.4) is 0 Å². The molecule has 2 heterocycles. The summed E-state index contributed by atoms with van der Waals surface area (Å²) in [5.41, 5.74) is 1.10. The van der Waals surface area contributed by atoms with Gasteiger partial charge in [0, 0.05) is 6.04 Å². The van der Waals surface area contributed by atoms with E-state index in [1.807, 2.05) is 36.4 Å². The number of amides is 1. The molecule has 0 radical (unpaired) electrons. The molecule has 0 saturated carbocycles. The summed E-state index contributed by atoms with van der Waals surface area (Å²) in [6, 6.07) is 11.9. The highest BCUT2D eigenvalue weighted by atomic mass is 19.4. The number of fused-ring (bicyclic) bond motifs is 2. The summed E-state index contributed by atoms with van der Waals surface area (Å²) in [5.74, 6) is -0.856. The normalized spacial score (nSPS) is 20.9. The van der Waals surface area contributed by atoms with Crippen LogP contribution in [0.5, 0.6) is 0 Å². The summed E-state index contributed by atoms with van der Waals surface area (Å²) in [7, 11) is 0. The third kappa shape index (κ3) is 4.92. The summed E-state index contributed by atoms with van der Waals surface area (Å²) in [5, 5.41) is 0. The summed E-state index contributed by atoms with van der Waals surface area (Å²) in [6.45, 7) is 0.197. The zero-order valence-corrected chi connectivity index (χ0v) is 16.9. The van der Waals surface area contributed by atoms with Gasteiger partial charge in [0.05, 0.1) is 11.6 Å². The van der Waals surface area contributed by atoms with E-state index < -0.39 is 17.6 Å². The van der Waals surface area contributed by atoms with Crippen LogP contribution in [-0.4, -0.2) is 23.1 Å². The van der Waals surface area contributed by atoms with Crippen LogP contribution in [0.1, 0.15) is 42.4 Å². The molecule has 2 aromatic rings. The number of hydrogen-bond donors (Lipinski definition) is 0. The molecule has 2 atom stereocenters. The summed E-state index contributed by atoms with van der Waals surface area (Å²) < 4.78 is 58.1. The molecule has 2 aliphatic rings. The van der Waals surface area contributed by atoms with Gasteiger partial charge in [0.15, 0.2) is 0 Å². The molecule has 164 valence electrons. The van der Waals surface area contributed by atoms with Crippen molar-refractivity contribution in [3.8, 4) is 0 Å². The van der Waals surface area contributed by atoms with Crippen molar-refractivity contribution in [1.82, 2.24) is 4.90 Å². The van der Waals surface area contributed by atoms with E-state index in [4.69, 9.17) is 4.74 Å². The van der Waals surface area contributed by atoms with Gasteiger partial charge in [-0.05, 0) is 55.4 Å².